The highest BCUT2D eigenvalue weighted by molar-refractivity contribution is 5.35. The molecule has 0 aliphatic carbocycles. The third kappa shape index (κ3) is 2.60. The van der Waals surface area contributed by atoms with Gasteiger partial charge in [0.1, 0.15) is 0 Å². The van der Waals surface area contributed by atoms with Crippen LogP contribution in [0.15, 0.2) is 30.6 Å². The average Bonchev–Trinajstić information content (AvgIpc) is 2.34. The molecular weight excluding hydrogens is 214 g/mol. The zero-order valence-corrected chi connectivity index (χ0v) is 9.97. The monoisotopic (exact) mass is 229 g/mol. The summed E-state index contributed by atoms with van der Waals surface area (Å²) in [5.74, 6) is 1.32. The SMILES string of the molecule is Cc1cc(CN)cnc1Oc1cccnc1C. The van der Waals surface area contributed by atoms with Gasteiger partial charge in [-0.3, -0.25) is 4.98 Å². The summed E-state index contributed by atoms with van der Waals surface area (Å²) in [6.45, 7) is 4.34. The molecule has 17 heavy (non-hydrogen) atoms. The molecule has 2 N–H and O–H groups in total. The van der Waals surface area contributed by atoms with Crippen molar-refractivity contribution in [3.63, 3.8) is 0 Å². The highest BCUT2D eigenvalue weighted by Gasteiger charge is 2.06. The van der Waals surface area contributed by atoms with E-state index in [1.54, 1.807) is 12.4 Å². The molecule has 0 saturated heterocycles. The molecular formula is C13H15N3O. The molecule has 0 atom stereocenters. The van der Waals surface area contributed by atoms with Crippen molar-refractivity contribution in [1.82, 2.24) is 9.97 Å². The highest BCUT2D eigenvalue weighted by atomic mass is 16.5. The molecule has 0 aromatic carbocycles. The van der Waals surface area contributed by atoms with Gasteiger partial charge in [0.25, 0.3) is 0 Å². The summed E-state index contributed by atoms with van der Waals surface area (Å²) in [4.78, 5) is 8.42. The molecule has 0 amide bonds. The van der Waals surface area contributed by atoms with Crippen LogP contribution in [-0.2, 0) is 6.54 Å². The van der Waals surface area contributed by atoms with Crippen molar-refractivity contribution in [3.05, 3.63) is 47.4 Å². The van der Waals surface area contributed by atoms with Crippen molar-refractivity contribution < 1.29 is 4.74 Å². The number of nitrogens with two attached hydrogens (primary N) is 1. The van der Waals surface area contributed by atoms with Crippen LogP contribution in [0.4, 0.5) is 0 Å². The van der Waals surface area contributed by atoms with Crippen molar-refractivity contribution in [2.75, 3.05) is 0 Å². The second kappa shape index (κ2) is 4.93. The van der Waals surface area contributed by atoms with Crippen molar-refractivity contribution in [2.24, 2.45) is 5.73 Å². The summed E-state index contributed by atoms with van der Waals surface area (Å²) >= 11 is 0. The molecule has 88 valence electrons. The number of hydrogen-bond acceptors (Lipinski definition) is 4. The van der Waals surface area contributed by atoms with Gasteiger partial charge in [-0.15, -0.1) is 0 Å². The predicted octanol–water partition coefficient (Wildman–Crippen LogP) is 2.34. The van der Waals surface area contributed by atoms with Crippen molar-refractivity contribution in [1.29, 1.82) is 0 Å². The van der Waals surface area contributed by atoms with E-state index in [0.29, 0.717) is 12.4 Å². The second-order valence-corrected chi connectivity index (χ2v) is 3.86. The van der Waals surface area contributed by atoms with Gasteiger partial charge < -0.3 is 10.5 Å². The fourth-order valence-corrected chi connectivity index (χ4v) is 1.52. The van der Waals surface area contributed by atoms with Gasteiger partial charge in [-0.25, -0.2) is 4.98 Å². The lowest BCUT2D eigenvalue weighted by molar-refractivity contribution is 0.452. The molecule has 0 spiro atoms. The topological polar surface area (TPSA) is 61.0 Å². The molecule has 0 unspecified atom stereocenters. The molecule has 2 aromatic heterocycles. The van der Waals surface area contributed by atoms with Crippen molar-refractivity contribution >= 4 is 0 Å². The normalized spacial score (nSPS) is 10.3. The van der Waals surface area contributed by atoms with Crippen LogP contribution in [0.5, 0.6) is 11.6 Å². The zero-order valence-electron chi connectivity index (χ0n) is 9.97. The van der Waals surface area contributed by atoms with E-state index in [1.165, 1.54) is 0 Å². The minimum atomic E-state index is 0.486. The summed E-state index contributed by atoms with van der Waals surface area (Å²) in [6.07, 6.45) is 3.47. The standard InChI is InChI=1S/C13H15N3O/c1-9-6-11(7-14)8-16-13(9)17-12-4-3-5-15-10(12)2/h3-6,8H,7,14H2,1-2H3. The van der Waals surface area contributed by atoms with Crippen LogP contribution in [0, 0.1) is 13.8 Å². The molecule has 0 saturated carbocycles. The molecule has 4 heteroatoms. The maximum Gasteiger partial charge on any atom is 0.222 e. The molecule has 4 nitrogen and oxygen atoms in total. The van der Waals surface area contributed by atoms with E-state index in [-0.39, 0.29) is 0 Å². The van der Waals surface area contributed by atoms with Gasteiger partial charge >= 0.3 is 0 Å². The fraction of sp³-hybridized carbons (Fsp3) is 0.231. The molecule has 0 radical (unpaired) electrons. The van der Waals surface area contributed by atoms with Gasteiger partial charge in [-0.05, 0) is 37.6 Å². The van der Waals surface area contributed by atoms with E-state index in [0.717, 1.165) is 22.6 Å². The van der Waals surface area contributed by atoms with Gasteiger partial charge in [0, 0.05) is 24.5 Å². The van der Waals surface area contributed by atoms with Crippen LogP contribution in [0.2, 0.25) is 0 Å². The van der Waals surface area contributed by atoms with E-state index in [4.69, 9.17) is 10.5 Å². The van der Waals surface area contributed by atoms with E-state index in [2.05, 4.69) is 9.97 Å². The van der Waals surface area contributed by atoms with Crippen LogP contribution in [0.25, 0.3) is 0 Å². The summed E-state index contributed by atoms with van der Waals surface area (Å²) in [5, 5.41) is 0. The van der Waals surface area contributed by atoms with Crippen LogP contribution in [0.1, 0.15) is 16.8 Å². The number of aryl methyl sites for hydroxylation is 2. The van der Waals surface area contributed by atoms with Crippen molar-refractivity contribution in [3.8, 4) is 11.6 Å². The van der Waals surface area contributed by atoms with Crippen LogP contribution >= 0.6 is 0 Å². The quantitative estimate of drug-likeness (QED) is 0.877. The van der Waals surface area contributed by atoms with Gasteiger partial charge in [0.15, 0.2) is 5.75 Å². The number of pyridine rings is 2. The first-order valence-corrected chi connectivity index (χ1v) is 5.46. The largest absolute Gasteiger partial charge is 0.437 e. The minimum Gasteiger partial charge on any atom is -0.437 e. The van der Waals surface area contributed by atoms with E-state index in [9.17, 15) is 0 Å². The minimum absolute atomic E-state index is 0.486. The molecule has 2 heterocycles. The third-order valence-electron chi connectivity index (χ3n) is 2.49. The summed E-state index contributed by atoms with van der Waals surface area (Å²) in [5.41, 5.74) is 8.37. The molecule has 2 rings (SSSR count). The molecule has 0 aliphatic rings. The first-order chi connectivity index (χ1) is 8.20. The smallest absolute Gasteiger partial charge is 0.222 e. The van der Waals surface area contributed by atoms with E-state index in [1.807, 2.05) is 32.0 Å². The van der Waals surface area contributed by atoms with E-state index < -0.39 is 0 Å². The first-order valence-electron chi connectivity index (χ1n) is 5.46. The Morgan fingerprint density at radius 1 is 1.29 bits per heavy atom. The Hall–Kier alpha value is -1.94. The molecule has 0 fully saturated rings. The zero-order chi connectivity index (χ0) is 12.3. The Morgan fingerprint density at radius 3 is 2.76 bits per heavy atom. The predicted molar refractivity (Wildman–Crippen MR) is 65.9 cm³/mol. The maximum absolute atomic E-state index is 5.72. The summed E-state index contributed by atoms with van der Waals surface area (Å²) in [6, 6.07) is 5.69. The van der Waals surface area contributed by atoms with Crippen LogP contribution in [-0.4, -0.2) is 9.97 Å². The molecule has 0 aliphatic heterocycles. The second-order valence-electron chi connectivity index (χ2n) is 3.86. The summed E-state index contributed by atoms with van der Waals surface area (Å²) < 4.78 is 5.72. The van der Waals surface area contributed by atoms with Crippen LogP contribution < -0.4 is 10.5 Å². The van der Waals surface area contributed by atoms with Gasteiger partial charge in [0.05, 0.1) is 5.69 Å². The average molecular weight is 229 g/mol. The number of rotatable bonds is 3. The Balaban J connectivity index is 2.28. The van der Waals surface area contributed by atoms with Crippen LogP contribution in [0.3, 0.4) is 0 Å². The lowest BCUT2D eigenvalue weighted by Gasteiger charge is -2.09. The fourth-order valence-electron chi connectivity index (χ4n) is 1.52. The van der Waals surface area contributed by atoms with Gasteiger partial charge in [-0.2, -0.15) is 0 Å². The lowest BCUT2D eigenvalue weighted by Crippen LogP contribution is -2.00. The molecule has 0 bridgehead atoms. The maximum atomic E-state index is 5.72. The first kappa shape index (κ1) is 11.5. The number of hydrogen-bond donors (Lipinski definition) is 1. The van der Waals surface area contributed by atoms with Gasteiger partial charge in [-0.1, -0.05) is 0 Å². The lowest BCUT2D eigenvalue weighted by atomic mass is 10.2. The molecule has 2 aromatic rings. The Bertz CT molecular complexity index is 526. The third-order valence-corrected chi connectivity index (χ3v) is 2.49. The number of nitrogens with zero attached hydrogens (tertiary/aromatic N) is 2. The van der Waals surface area contributed by atoms with Crippen molar-refractivity contribution in [2.45, 2.75) is 20.4 Å². The Labute approximate surface area is 100 Å². The Kier molecular flexibility index (Phi) is 3.35. The number of aromatic nitrogens is 2. The Morgan fingerprint density at radius 2 is 2.12 bits per heavy atom. The number of ether oxygens (including phenoxy) is 1. The highest BCUT2D eigenvalue weighted by Crippen LogP contribution is 2.24. The van der Waals surface area contributed by atoms with E-state index >= 15 is 0 Å². The van der Waals surface area contributed by atoms with Gasteiger partial charge in [0.2, 0.25) is 5.88 Å². The summed E-state index contributed by atoms with van der Waals surface area (Å²) in [7, 11) is 0.